The van der Waals surface area contributed by atoms with Crippen LogP contribution in [0.2, 0.25) is 0 Å². The minimum atomic E-state index is -1.52. The quantitative estimate of drug-likeness (QED) is 0.405. The number of pyridine rings is 1. The molecule has 34 heavy (non-hydrogen) atoms. The van der Waals surface area contributed by atoms with E-state index in [4.69, 9.17) is 14.2 Å². The zero-order chi connectivity index (χ0) is 23.5. The lowest BCUT2D eigenvalue weighted by atomic mass is 9.89. The van der Waals surface area contributed by atoms with Gasteiger partial charge in [-0.1, -0.05) is 53.7 Å². The molecule has 1 atom stereocenters. The highest BCUT2D eigenvalue weighted by Crippen LogP contribution is 2.34. The van der Waals surface area contributed by atoms with Crippen LogP contribution in [0.25, 0.3) is 22.2 Å². The highest BCUT2D eigenvalue weighted by atomic mass is 16.5. The van der Waals surface area contributed by atoms with Gasteiger partial charge in [0.25, 0.3) is 5.91 Å². The first-order valence-electron chi connectivity index (χ1n) is 10.6. The Hall–Kier alpha value is -4.43. The first kappa shape index (κ1) is 21.4. The van der Waals surface area contributed by atoms with Crippen LogP contribution in [0.4, 0.5) is 5.82 Å². The number of aryl methyl sites for hydroxylation is 1. The molecule has 0 fully saturated rings. The summed E-state index contributed by atoms with van der Waals surface area (Å²) < 4.78 is 10.9. The van der Waals surface area contributed by atoms with Gasteiger partial charge in [-0.15, -0.1) is 0 Å². The number of fused-ring (bicyclic) bond motifs is 1. The number of methoxy groups -OCH3 is 1. The second-order valence-corrected chi connectivity index (χ2v) is 7.78. The Morgan fingerprint density at radius 1 is 1.03 bits per heavy atom. The number of aromatic nitrogens is 4. The van der Waals surface area contributed by atoms with E-state index < -0.39 is 11.5 Å². The molecule has 0 saturated heterocycles. The second kappa shape index (κ2) is 8.84. The molecule has 0 radical (unpaired) electrons. The van der Waals surface area contributed by atoms with Gasteiger partial charge in [-0.2, -0.15) is 10.2 Å². The lowest BCUT2D eigenvalue weighted by molar-refractivity contribution is -0.134. The minimum Gasteiger partial charge on any atom is -0.364 e. The predicted molar refractivity (Wildman–Crippen MR) is 127 cm³/mol. The maximum Gasteiger partial charge on any atom is 0.268 e. The Morgan fingerprint density at radius 3 is 2.59 bits per heavy atom. The van der Waals surface area contributed by atoms with Gasteiger partial charge in [0.05, 0.1) is 17.4 Å². The average Bonchev–Trinajstić information content (AvgIpc) is 3.40. The fraction of sp³-hybridized carbons (Fsp3) is 0.115. The first-order valence-corrected chi connectivity index (χ1v) is 10.6. The van der Waals surface area contributed by atoms with Gasteiger partial charge in [-0.3, -0.25) is 4.79 Å². The summed E-state index contributed by atoms with van der Waals surface area (Å²) in [5.74, 6) is -0.0707. The zero-order valence-corrected chi connectivity index (χ0v) is 18.6. The molecule has 8 heteroatoms. The summed E-state index contributed by atoms with van der Waals surface area (Å²) in [5.41, 5.74) is 2.60. The predicted octanol–water partition coefficient (Wildman–Crippen LogP) is 4.52. The van der Waals surface area contributed by atoms with Crippen molar-refractivity contribution in [2.24, 2.45) is 0 Å². The van der Waals surface area contributed by atoms with Crippen LogP contribution in [-0.4, -0.2) is 33.4 Å². The van der Waals surface area contributed by atoms with Crippen LogP contribution in [0, 0.1) is 6.92 Å². The summed E-state index contributed by atoms with van der Waals surface area (Å²) in [6.45, 7) is 1.94. The molecule has 168 valence electrons. The van der Waals surface area contributed by atoms with Gasteiger partial charge in [-0.05, 0) is 36.2 Å². The monoisotopic (exact) mass is 451 g/mol. The van der Waals surface area contributed by atoms with Crippen LogP contribution in [0.3, 0.4) is 0 Å². The average molecular weight is 451 g/mol. The summed E-state index contributed by atoms with van der Waals surface area (Å²) in [7, 11) is 1.46. The van der Waals surface area contributed by atoms with E-state index in [-0.39, 0.29) is 0 Å². The van der Waals surface area contributed by atoms with Gasteiger partial charge in [-0.25, -0.2) is 4.98 Å². The summed E-state index contributed by atoms with van der Waals surface area (Å²) in [6.07, 6.45) is 3.08. The van der Waals surface area contributed by atoms with E-state index in [1.165, 1.54) is 13.4 Å². The lowest BCUT2D eigenvalue weighted by Gasteiger charge is -2.29. The number of hydrogen-bond acceptors (Lipinski definition) is 7. The fourth-order valence-corrected chi connectivity index (χ4v) is 4.06. The van der Waals surface area contributed by atoms with Crippen molar-refractivity contribution in [3.63, 3.8) is 0 Å². The molecular formula is C26H21N5O3. The zero-order valence-electron chi connectivity index (χ0n) is 18.6. The third kappa shape index (κ3) is 3.70. The number of carbonyl (C=O) groups is 1. The summed E-state index contributed by atoms with van der Waals surface area (Å²) >= 11 is 0. The number of benzene rings is 2. The fourth-order valence-electron chi connectivity index (χ4n) is 4.06. The largest absolute Gasteiger partial charge is 0.364 e. The van der Waals surface area contributed by atoms with Crippen LogP contribution in [0.15, 0.2) is 89.8 Å². The summed E-state index contributed by atoms with van der Waals surface area (Å²) in [5, 5.41) is 16.2. The number of anilines is 1. The third-order valence-electron chi connectivity index (χ3n) is 5.64. The van der Waals surface area contributed by atoms with Gasteiger partial charge in [0.2, 0.25) is 5.60 Å². The van der Waals surface area contributed by atoms with Gasteiger partial charge in [0.15, 0.2) is 0 Å². The molecule has 1 amide bonds. The maximum absolute atomic E-state index is 13.8. The standard InChI is InChI=1S/C26H21N5O3/c1-17-14-22(20-16-27-30-21-11-7-6-10-19(20)21)28-24(15-17)29-25(32)26(33-2,23-12-13-34-31-23)18-8-4-3-5-9-18/h3-16H,1-2H3,(H,28,29,32). The van der Waals surface area contributed by atoms with Crippen molar-refractivity contribution in [3.8, 4) is 11.3 Å². The minimum absolute atomic E-state index is 0.330. The Morgan fingerprint density at radius 2 is 1.82 bits per heavy atom. The van der Waals surface area contributed by atoms with Crippen molar-refractivity contribution in [2.45, 2.75) is 12.5 Å². The molecule has 0 saturated carbocycles. The van der Waals surface area contributed by atoms with Gasteiger partial charge >= 0.3 is 0 Å². The summed E-state index contributed by atoms with van der Waals surface area (Å²) in [4.78, 5) is 18.5. The molecule has 5 rings (SSSR count). The van der Waals surface area contributed by atoms with E-state index in [2.05, 4.69) is 20.7 Å². The van der Waals surface area contributed by atoms with E-state index in [1.54, 1.807) is 18.3 Å². The number of nitrogens with one attached hydrogen (secondary N) is 1. The molecule has 0 aliphatic rings. The van der Waals surface area contributed by atoms with E-state index >= 15 is 0 Å². The highest BCUT2D eigenvalue weighted by Gasteiger charge is 2.45. The van der Waals surface area contributed by atoms with Crippen molar-refractivity contribution in [3.05, 3.63) is 102 Å². The number of rotatable bonds is 6. The van der Waals surface area contributed by atoms with Gasteiger partial charge in [0, 0.05) is 24.1 Å². The Kier molecular flexibility index (Phi) is 5.57. The molecule has 8 nitrogen and oxygen atoms in total. The molecule has 0 aliphatic carbocycles. The first-order chi connectivity index (χ1) is 16.6. The van der Waals surface area contributed by atoms with Crippen LogP contribution < -0.4 is 5.32 Å². The van der Waals surface area contributed by atoms with Crippen molar-refractivity contribution in [1.29, 1.82) is 0 Å². The summed E-state index contributed by atoms with van der Waals surface area (Å²) in [6, 6.07) is 22.2. The Bertz CT molecular complexity index is 1450. The molecule has 1 unspecified atom stereocenters. The molecule has 3 heterocycles. The van der Waals surface area contributed by atoms with E-state index in [0.29, 0.717) is 22.8 Å². The molecule has 5 aromatic rings. The maximum atomic E-state index is 13.8. The van der Waals surface area contributed by atoms with Gasteiger partial charge in [0.1, 0.15) is 17.8 Å². The van der Waals surface area contributed by atoms with Gasteiger partial charge < -0.3 is 14.6 Å². The number of nitrogens with zero attached hydrogens (tertiary/aromatic N) is 4. The molecule has 2 aromatic carbocycles. The van der Waals surface area contributed by atoms with E-state index in [1.807, 2.05) is 67.6 Å². The SMILES string of the molecule is COC(C(=O)Nc1cc(C)cc(-c2cnnc3ccccc23)n1)(c1ccccc1)c1ccon1. The van der Waals surface area contributed by atoms with E-state index in [9.17, 15) is 4.79 Å². The smallest absolute Gasteiger partial charge is 0.268 e. The second-order valence-electron chi connectivity index (χ2n) is 7.78. The van der Waals surface area contributed by atoms with Crippen LogP contribution in [-0.2, 0) is 15.1 Å². The van der Waals surface area contributed by atoms with Crippen molar-refractivity contribution in [1.82, 2.24) is 20.3 Å². The van der Waals surface area contributed by atoms with Crippen LogP contribution in [0.5, 0.6) is 0 Å². The third-order valence-corrected chi connectivity index (χ3v) is 5.64. The Labute approximate surface area is 195 Å². The molecule has 0 bridgehead atoms. The van der Waals surface area contributed by atoms with Crippen molar-refractivity contribution in [2.75, 3.05) is 12.4 Å². The molecule has 3 aromatic heterocycles. The highest BCUT2D eigenvalue weighted by molar-refractivity contribution is 6.00. The molecule has 0 aliphatic heterocycles. The number of carbonyl (C=O) groups excluding carboxylic acids is 1. The molecule has 1 N–H and O–H groups in total. The number of amides is 1. The van der Waals surface area contributed by atoms with Crippen LogP contribution in [0.1, 0.15) is 16.8 Å². The molecule has 0 spiro atoms. The Balaban J connectivity index is 1.58. The van der Waals surface area contributed by atoms with E-state index in [0.717, 1.165) is 22.0 Å². The van der Waals surface area contributed by atoms with Crippen molar-refractivity contribution < 1.29 is 14.1 Å². The lowest BCUT2D eigenvalue weighted by Crippen LogP contribution is -2.43. The normalized spacial score (nSPS) is 12.9. The molecular weight excluding hydrogens is 430 g/mol. The number of ether oxygens (including phenoxy) is 1. The number of hydrogen-bond donors (Lipinski definition) is 1. The van der Waals surface area contributed by atoms with Crippen LogP contribution >= 0.6 is 0 Å². The van der Waals surface area contributed by atoms with Crippen molar-refractivity contribution >= 4 is 22.6 Å². The topological polar surface area (TPSA) is 103 Å².